The van der Waals surface area contributed by atoms with Crippen molar-refractivity contribution in [2.45, 2.75) is 210 Å². The van der Waals surface area contributed by atoms with Crippen LogP contribution in [0.4, 0.5) is 26.3 Å². The van der Waals surface area contributed by atoms with Crippen LogP contribution < -0.4 is 16.0 Å². The first kappa shape index (κ1) is 87.2. The molecule has 2 aromatic carbocycles. The predicted molar refractivity (Wildman–Crippen MR) is 392 cm³/mol. The molecule has 608 valence electrons. The van der Waals surface area contributed by atoms with E-state index >= 15 is 43.2 Å². The van der Waals surface area contributed by atoms with Crippen LogP contribution in [-0.4, -0.2) is 276 Å². The molecule has 33 heteroatoms. The topological polar surface area (TPSA) is 289 Å². The van der Waals surface area contributed by atoms with Crippen molar-refractivity contribution in [3.8, 4) is 0 Å². The van der Waals surface area contributed by atoms with Crippen LogP contribution in [0.3, 0.4) is 0 Å². The number of carbonyl (C=O) groups excluding carboxylic acids is 12. The van der Waals surface area contributed by atoms with E-state index in [2.05, 4.69) is 16.0 Å². The first-order chi connectivity index (χ1) is 51.8. The van der Waals surface area contributed by atoms with Crippen LogP contribution >= 0.6 is 11.6 Å². The van der Waals surface area contributed by atoms with Gasteiger partial charge in [-0.05, 0) is 124 Å². The van der Waals surface area contributed by atoms with E-state index < -0.39 is 197 Å². The Bertz CT molecular complexity index is 3700. The minimum absolute atomic E-state index is 0.0527. The molecule has 26 nitrogen and oxygen atoms in total. The number of hydrogen-bond acceptors (Lipinski definition) is 14. The zero-order chi connectivity index (χ0) is 81.0. The Morgan fingerprint density at radius 2 is 1.32 bits per heavy atom. The Morgan fingerprint density at radius 3 is 1.91 bits per heavy atom. The molecule has 3 saturated heterocycles. The zero-order valence-electron chi connectivity index (χ0n) is 64.7. The molecule has 6 aliphatic rings. The molecule has 10 atom stereocenters. The number of amides is 12. The zero-order valence-corrected chi connectivity index (χ0v) is 65.4. The Kier molecular flexibility index (Phi) is 29.9. The fraction of sp³-hybridized carbons (Fsp3) is 0.662. The predicted octanol–water partition coefficient (Wildman–Crippen LogP) is 5.88. The van der Waals surface area contributed by atoms with Crippen LogP contribution in [-0.2, 0) is 92.2 Å². The third-order valence-electron chi connectivity index (χ3n) is 22.6. The van der Waals surface area contributed by atoms with E-state index in [0.29, 0.717) is 38.5 Å². The van der Waals surface area contributed by atoms with Gasteiger partial charge in [0.15, 0.2) is 0 Å². The maximum absolute atomic E-state index is 15.7. The molecule has 2 aliphatic carbocycles. The number of nitrogens with one attached hydrogen (secondary N) is 3. The van der Waals surface area contributed by atoms with E-state index in [4.69, 9.17) is 21.1 Å². The summed E-state index contributed by atoms with van der Waals surface area (Å²) in [6, 6.07) is -4.56. The lowest BCUT2D eigenvalue weighted by Crippen LogP contribution is -2.68. The number of likely N-dealkylation sites (N-methyl/N-ethyl adjacent to an activating group) is 6. The standard InChI is InChI=1S/C77H107ClF6N12O14/c1-12-47(5)64-72(106)89(7)45-63(99)90(8)56-22-15-14-18-33-95(71(56)105)60(40-49-23-27-51(28-24-49)76(79,80)81)69(103)88(6)44-61(97)85-55(30-26-48-25-29-53(54(78)39-48)77(82,83)84)68(102)96-43-52(110-13-2)41-58(96)67(101)87-75(31-19-32-75)74(108)93(11)65(50-20-16-17-21-50)73(107)92(10)59(70(104)94-34-36-109-37-35-94)42-62(98)91(9)57(38-46(3)4)66(100)86-64/h14-15,23-25,27-29,39,46-47,50,52,55-60,64-65H,12-13,16-22,26,30-38,40-45H2,1-11H3,(H,85,97)(H,86,100)(H,87,101)/b15-14-/t47-,52+,55-,56+,57-,58-,59-,60-,64-,65-/m0/s1. The summed E-state index contributed by atoms with van der Waals surface area (Å²) in [4.78, 5) is 193. The van der Waals surface area contributed by atoms with Crippen LogP contribution in [0.15, 0.2) is 54.6 Å². The lowest BCUT2D eigenvalue weighted by Gasteiger charge is -2.47. The van der Waals surface area contributed by atoms with Gasteiger partial charge >= 0.3 is 12.4 Å². The number of halogens is 7. The summed E-state index contributed by atoms with van der Waals surface area (Å²) in [5, 5.41) is 7.87. The summed E-state index contributed by atoms with van der Waals surface area (Å²) in [5.41, 5.74) is -3.47. The number of fused-ring (bicyclic) bond motifs is 3. The van der Waals surface area contributed by atoms with E-state index in [1.807, 2.05) is 13.8 Å². The average Bonchev–Trinajstić information content (AvgIpc) is 1.12. The van der Waals surface area contributed by atoms with Crippen LogP contribution in [0.5, 0.6) is 0 Å². The number of nitrogens with zero attached hydrogens (tertiary/aromatic N) is 9. The average molecular weight is 1570 g/mol. The minimum Gasteiger partial charge on any atom is -0.378 e. The van der Waals surface area contributed by atoms with Crippen molar-refractivity contribution in [3.05, 3.63) is 81.9 Å². The minimum atomic E-state index is -4.83. The number of morpholine rings is 1. The molecular weight excluding hydrogens is 1470 g/mol. The highest BCUT2D eigenvalue weighted by molar-refractivity contribution is 6.31. The van der Waals surface area contributed by atoms with Gasteiger partial charge in [-0.2, -0.15) is 26.3 Å². The highest BCUT2D eigenvalue weighted by Gasteiger charge is 2.54. The summed E-state index contributed by atoms with van der Waals surface area (Å²) < 4.78 is 95.6. The van der Waals surface area contributed by atoms with E-state index in [9.17, 15) is 40.7 Å². The van der Waals surface area contributed by atoms with Crippen LogP contribution in [0, 0.1) is 17.8 Å². The van der Waals surface area contributed by atoms with E-state index in [-0.39, 0.29) is 114 Å². The molecule has 8 rings (SSSR count). The van der Waals surface area contributed by atoms with Crippen molar-refractivity contribution < 1.29 is 93.4 Å². The van der Waals surface area contributed by atoms with E-state index in [1.165, 1.54) is 71.7 Å². The van der Waals surface area contributed by atoms with E-state index in [0.717, 1.165) is 57.2 Å². The Hall–Kier alpha value is -8.39. The van der Waals surface area contributed by atoms with Crippen molar-refractivity contribution in [1.29, 1.82) is 0 Å². The highest BCUT2D eigenvalue weighted by atomic mass is 35.5. The van der Waals surface area contributed by atoms with Crippen molar-refractivity contribution in [3.63, 3.8) is 0 Å². The fourth-order valence-corrected chi connectivity index (χ4v) is 15.9. The van der Waals surface area contributed by atoms with Gasteiger partial charge in [-0.1, -0.05) is 88.9 Å². The number of benzene rings is 2. The van der Waals surface area contributed by atoms with Crippen molar-refractivity contribution in [2.75, 3.05) is 101 Å². The third kappa shape index (κ3) is 21.0. The molecule has 110 heavy (non-hydrogen) atoms. The van der Waals surface area contributed by atoms with Gasteiger partial charge in [0.25, 0.3) is 0 Å². The van der Waals surface area contributed by atoms with Crippen molar-refractivity contribution in [1.82, 2.24) is 60.0 Å². The van der Waals surface area contributed by atoms with Gasteiger partial charge in [-0.25, -0.2) is 0 Å². The second-order valence-corrected chi connectivity index (χ2v) is 31.0. The van der Waals surface area contributed by atoms with Gasteiger partial charge in [0.1, 0.15) is 53.9 Å². The molecular formula is C77H107ClF6N12O14. The van der Waals surface area contributed by atoms with Gasteiger partial charge in [0.05, 0.1) is 55.0 Å². The summed E-state index contributed by atoms with van der Waals surface area (Å²) in [5.74, 6) is -10.6. The first-order valence-electron chi connectivity index (χ1n) is 38.0. The van der Waals surface area contributed by atoms with E-state index in [1.54, 1.807) is 32.9 Å². The molecule has 4 heterocycles. The molecule has 2 aromatic rings. The molecule has 0 aromatic heterocycles. The monoisotopic (exact) mass is 1570 g/mol. The Morgan fingerprint density at radius 1 is 0.673 bits per heavy atom. The lowest BCUT2D eigenvalue weighted by atomic mass is 9.74. The lowest BCUT2D eigenvalue weighted by molar-refractivity contribution is -0.159. The molecule has 0 unspecified atom stereocenters. The summed E-state index contributed by atoms with van der Waals surface area (Å²) in [6.45, 7) is 7.50. The second kappa shape index (κ2) is 37.8. The maximum Gasteiger partial charge on any atom is 0.417 e. The quantitative estimate of drug-likeness (QED) is 0.156. The van der Waals surface area contributed by atoms with Crippen LogP contribution in [0.25, 0.3) is 0 Å². The van der Waals surface area contributed by atoms with Crippen LogP contribution in [0.2, 0.25) is 5.02 Å². The first-order valence-corrected chi connectivity index (χ1v) is 38.4. The number of rotatable bonds is 13. The van der Waals surface area contributed by atoms with Crippen LogP contribution in [0.1, 0.15) is 147 Å². The molecule has 3 N–H and O–H groups in total. The van der Waals surface area contributed by atoms with Gasteiger partial charge in [-0.3, -0.25) is 57.5 Å². The van der Waals surface area contributed by atoms with Gasteiger partial charge in [0, 0.05) is 87.9 Å². The maximum atomic E-state index is 15.7. The van der Waals surface area contributed by atoms with Crippen molar-refractivity contribution >= 4 is 82.5 Å². The molecule has 0 radical (unpaired) electrons. The number of alkyl halides is 6. The fourth-order valence-electron chi connectivity index (χ4n) is 15.6. The second-order valence-electron chi connectivity index (χ2n) is 30.6. The molecule has 12 amide bonds. The number of hydrogen-bond donors (Lipinski definition) is 3. The smallest absolute Gasteiger partial charge is 0.378 e. The van der Waals surface area contributed by atoms with Gasteiger partial charge in [-0.15, -0.1) is 0 Å². The number of aryl methyl sites for hydroxylation is 1. The van der Waals surface area contributed by atoms with Gasteiger partial charge in [0.2, 0.25) is 70.9 Å². The van der Waals surface area contributed by atoms with Crippen molar-refractivity contribution in [2.24, 2.45) is 17.8 Å². The molecule has 2 bridgehead atoms. The summed E-state index contributed by atoms with van der Waals surface area (Å²) in [7, 11) is 8.06. The molecule has 5 fully saturated rings. The SMILES string of the molecule is CCO[C@@H]1C[C@H]2C(=O)NC3(CCC3)C(=O)N(C)[C@@H](C3CCCC3)C(=O)N(C)[C@H](C(=O)N3CCOCC3)CC(=O)N(C)[C@@H](CC(C)C)C(=O)N[C@@H]([C@@H](C)CC)C(=O)N(C)CC(=O)N(C)[C@@H]3C/C=C\CCN(C3=O)[C@@H](Cc3ccc(C(F)(F)F)cc3)C(=O)N(C)CC(=O)N[C@@H](CCc3ccc(C(F)(F)F)c(Cl)c3)C(=O)N2C1. The molecule has 4 aliphatic heterocycles. The summed E-state index contributed by atoms with van der Waals surface area (Å²) >= 11 is 6.18. The van der Waals surface area contributed by atoms with Gasteiger partial charge < -0.3 is 69.5 Å². The number of ether oxygens (including phenoxy) is 2. The third-order valence-corrected chi connectivity index (χ3v) is 22.9. The Labute approximate surface area is 643 Å². The number of carbonyl (C=O) groups is 12. The Balaban J connectivity index is 1.23. The highest BCUT2D eigenvalue weighted by Crippen LogP contribution is 2.40. The summed E-state index contributed by atoms with van der Waals surface area (Å²) in [6.07, 6.45) is -5.50. The molecule has 2 saturated carbocycles. The largest absolute Gasteiger partial charge is 0.417 e. The molecule has 1 spiro atoms. The normalized spacial score (nSPS) is 26.7.